The van der Waals surface area contributed by atoms with E-state index >= 15 is 0 Å². The van der Waals surface area contributed by atoms with Crippen LogP contribution in [-0.2, 0) is 0 Å². The van der Waals surface area contributed by atoms with Crippen LogP contribution in [0, 0.1) is 6.92 Å². The van der Waals surface area contributed by atoms with Gasteiger partial charge in [-0.1, -0.05) is 41.4 Å². The number of hydrogen-bond donors (Lipinski definition) is 2. The van der Waals surface area contributed by atoms with Crippen LogP contribution in [0.15, 0.2) is 60.9 Å². The summed E-state index contributed by atoms with van der Waals surface area (Å²) >= 11 is 12.0. The number of aryl methyl sites for hydroxylation is 1. The first-order valence-corrected chi connectivity index (χ1v) is 8.32. The summed E-state index contributed by atoms with van der Waals surface area (Å²) in [5.74, 6) is -0.227. The Morgan fingerprint density at radius 3 is 2.40 bits per heavy atom. The molecular formula is C19H15Cl2N3O. The summed E-state index contributed by atoms with van der Waals surface area (Å²) in [6.07, 6.45) is 3.14. The maximum absolute atomic E-state index is 12.5. The standard InChI is InChI=1S/C19H15Cl2N3O/c1-12-4-2-3-5-18(12)24-19(25)13-6-17(11-22-10-13)23-16-8-14(20)7-15(21)9-16/h2-11,23H,1H3,(H,24,25). The van der Waals surface area contributed by atoms with Crippen molar-refractivity contribution in [3.05, 3.63) is 82.1 Å². The summed E-state index contributed by atoms with van der Waals surface area (Å²) in [5, 5.41) is 7.08. The summed E-state index contributed by atoms with van der Waals surface area (Å²) in [4.78, 5) is 16.6. The highest BCUT2D eigenvalue weighted by molar-refractivity contribution is 6.35. The lowest BCUT2D eigenvalue weighted by Crippen LogP contribution is -2.13. The number of nitrogens with zero attached hydrogens (tertiary/aromatic N) is 1. The Bertz CT molecular complexity index is 908. The topological polar surface area (TPSA) is 54.0 Å². The molecule has 3 rings (SSSR count). The molecule has 0 atom stereocenters. The van der Waals surface area contributed by atoms with E-state index < -0.39 is 0 Å². The molecule has 1 amide bonds. The highest BCUT2D eigenvalue weighted by Crippen LogP contribution is 2.25. The molecule has 1 aromatic heterocycles. The van der Waals surface area contributed by atoms with E-state index in [1.165, 1.54) is 6.20 Å². The monoisotopic (exact) mass is 371 g/mol. The molecule has 0 bridgehead atoms. The molecule has 0 saturated heterocycles. The zero-order chi connectivity index (χ0) is 17.8. The molecule has 0 aliphatic heterocycles. The van der Waals surface area contributed by atoms with E-state index in [4.69, 9.17) is 23.2 Å². The van der Waals surface area contributed by atoms with Gasteiger partial charge < -0.3 is 10.6 Å². The summed E-state index contributed by atoms with van der Waals surface area (Å²) in [6.45, 7) is 1.94. The van der Waals surface area contributed by atoms with Crippen molar-refractivity contribution in [1.29, 1.82) is 0 Å². The molecular weight excluding hydrogens is 357 g/mol. The number of hydrogen-bond acceptors (Lipinski definition) is 3. The number of anilines is 3. The van der Waals surface area contributed by atoms with Crippen LogP contribution in [0.5, 0.6) is 0 Å². The van der Waals surface area contributed by atoms with Gasteiger partial charge in [-0.3, -0.25) is 9.78 Å². The van der Waals surface area contributed by atoms with Gasteiger partial charge in [0.15, 0.2) is 0 Å². The molecule has 0 radical (unpaired) electrons. The first-order chi connectivity index (χ1) is 12.0. The lowest BCUT2D eigenvalue weighted by atomic mass is 10.2. The molecule has 0 aliphatic carbocycles. The smallest absolute Gasteiger partial charge is 0.257 e. The summed E-state index contributed by atoms with van der Waals surface area (Å²) in [7, 11) is 0. The van der Waals surface area contributed by atoms with E-state index in [2.05, 4.69) is 15.6 Å². The van der Waals surface area contributed by atoms with Crippen molar-refractivity contribution in [2.24, 2.45) is 0 Å². The SMILES string of the molecule is Cc1ccccc1NC(=O)c1cncc(Nc2cc(Cl)cc(Cl)c2)c1. The second-order valence-corrected chi connectivity index (χ2v) is 6.39. The number of pyridine rings is 1. The maximum atomic E-state index is 12.5. The lowest BCUT2D eigenvalue weighted by molar-refractivity contribution is 0.102. The number of nitrogens with one attached hydrogen (secondary N) is 2. The summed E-state index contributed by atoms with van der Waals surface area (Å²) < 4.78 is 0. The number of halogens is 2. The molecule has 4 nitrogen and oxygen atoms in total. The van der Waals surface area contributed by atoms with Crippen LogP contribution in [0.2, 0.25) is 10.0 Å². The fourth-order valence-corrected chi connectivity index (χ4v) is 2.86. The molecule has 1 heterocycles. The first-order valence-electron chi connectivity index (χ1n) is 7.56. The second-order valence-electron chi connectivity index (χ2n) is 5.51. The van der Waals surface area contributed by atoms with Crippen molar-refractivity contribution in [1.82, 2.24) is 4.98 Å². The van der Waals surface area contributed by atoms with Gasteiger partial charge in [0.1, 0.15) is 0 Å². The minimum Gasteiger partial charge on any atom is -0.354 e. The Morgan fingerprint density at radius 1 is 0.960 bits per heavy atom. The molecule has 0 fully saturated rings. The number of carbonyl (C=O) groups is 1. The third-order valence-corrected chi connectivity index (χ3v) is 3.98. The van der Waals surface area contributed by atoms with E-state index in [1.54, 1.807) is 30.5 Å². The number of benzene rings is 2. The van der Waals surface area contributed by atoms with Crippen molar-refractivity contribution in [3.63, 3.8) is 0 Å². The molecule has 6 heteroatoms. The number of aromatic nitrogens is 1. The van der Waals surface area contributed by atoms with E-state index in [-0.39, 0.29) is 5.91 Å². The molecule has 2 aromatic carbocycles. The molecule has 126 valence electrons. The Kier molecular flexibility index (Phi) is 5.22. The Balaban J connectivity index is 1.79. The molecule has 3 aromatic rings. The zero-order valence-corrected chi connectivity index (χ0v) is 14.9. The normalized spacial score (nSPS) is 10.4. The maximum Gasteiger partial charge on any atom is 0.257 e. The average Bonchev–Trinajstić information content (AvgIpc) is 2.56. The first kappa shape index (κ1) is 17.3. The van der Waals surface area contributed by atoms with Gasteiger partial charge in [0.05, 0.1) is 17.4 Å². The van der Waals surface area contributed by atoms with Crippen molar-refractivity contribution in [3.8, 4) is 0 Å². The number of para-hydroxylation sites is 1. The van der Waals surface area contributed by atoms with Crippen LogP contribution < -0.4 is 10.6 Å². The minimum absolute atomic E-state index is 0.227. The van der Waals surface area contributed by atoms with Crippen molar-refractivity contribution in [2.75, 3.05) is 10.6 Å². The highest BCUT2D eigenvalue weighted by Gasteiger charge is 2.09. The van der Waals surface area contributed by atoms with Gasteiger partial charge in [0.25, 0.3) is 5.91 Å². The van der Waals surface area contributed by atoms with Crippen LogP contribution in [0.25, 0.3) is 0 Å². The van der Waals surface area contributed by atoms with E-state index in [0.29, 0.717) is 21.3 Å². The van der Waals surface area contributed by atoms with E-state index in [1.807, 2.05) is 31.2 Å². The third-order valence-electron chi connectivity index (χ3n) is 3.54. The van der Waals surface area contributed by atoms with Crippen LogP contribution in [-0.4, -0.2) is 10.9 Å². The Labute approximate surface area is 155 Å². The van der Waals surface area contributed by atoms with Gasteiger partial charge >= 0.3 is 0 Å². The minimum atomic E-state index is -0.227. The molecule has 0 aliphatic rings. The number of amides is 1. The Morgan fingerprint density at radius 2 is 1.68 bits per heavy atom. The largest absolute Gasteiger partial charge is 0.354 e. The van der Waals surface area contributed by atoms with Gasteiger partial charge in [-0.05, 0) is 42.8 Å². The second kappa shape index (κ2) is 7.55. The van der Waals surface area contributed by atoms with Gasteiger partial charge in [0, 0.05) is 27.6 Å². The fourth-order valence-electron chi connectivity index (χ4n) is 2.33. The van der Waals surface area contributed by atoms with Crippen LogP contribution in [0.3, 0.4) is 0 Å². The number of carbonyl (C=O) groups excluding carboxylic acids is 1. The van der Waals surface area contributed by atoms with Crippen molar-refractivity contribution < 1.29 is 4.79 Å². The lowest BCUT2D eigenvalue weighted by Gasteiger charge is -2.10. The van der Waals surface area contributed by atoms with Crippen LogP contribution in [0.1, 0.15) is 15.9 Å². The summed E-state index contributed by atoms with van der Waals surface area (Å²) in [6, 6.07) is 14.5. The molecule has 0 spiro atoms. The molecule has 0 unspecified atom stereocenters. The van der Waals surface area contributed by atoms with Crippen LogP contribution in [0.4, 0.5) is 17.1 Å². The molecule has 2 N–H and O–H groups in total. The number of rotatable bonds is 4. The predicted molar refractivity (Wildman–Crippen MR) is 103 cm³/mol. The van der Waals surface area contributed by atoms with E-state index in [0.717, 1.165) is 16.9 Å². The average molecular weight is 372 g/mol. The highest BCUT2D eigenvalue weighted by atomic mass is 35.5. The van der Waals surface area contributed by atoms with Gasteiger partial charge in [0.2, 0.25) is 0 Å². The Hall–Kier alpha value is -2.56. The quantitative estimate of drug-likeness (QED) is 0.618. The third kappa shape index (κ3) is 4.50. The van der Waals surface area contributed by atoms with Gasteiger partial charge in [-0.15, -0.1) is 0 Å². The van der Waals surface area contributed by atoms with Crippen LogP contribution >= 0.6 is 23.2 Å². The van der Waals surface area contributed by atoms with Gasteiger partial charge in [-0.25, -0.2) is 0 Å². The van der Waals surface area contributed by atoms with E-state index in [9.17, 15) is 4.79 Å². The van der Waals surface area contributed by atoms with Crippen molar-refractivity contribution >= 4 is 46.2 Å². The fraction of sp³-hybridized carbons (Fsp3) is 0.0526. The zero-order valence-electron chi connectivity index (χ0n) is 13.4. The van der Waals surface area contributed by atoms with Crippen molar-refractivity contribution in [2.45, 2.75) is 6.92 Å². The molecule has 25 heavy (non-hydrogen) atoms. The summed E-state index contributed by atoms with van der Waals surface area (Å²) in [5.41, 5.74) is 3.59. The molecule has 0 saturated carbocycles. The van der Waals surface area contributed by atoms with Gasteiger partial charge in [-0.2, -0.15) is 0 Å². The predicted octanol–water partition coefficient (Wildman–Crippen LogP) is 5.69.